The second-order valence-electron chi connectivity index (χ2n) is 7.97. The van der Waals surface area contributed by atoms with Crippen LogP contribution in [0.4, 0.5) is 11.4 Å². The van der Waals surface area contributed by atoms with E-state index in [4.69, 9.17) is 9.47 Å². The molecule has 2 amide bonds. The minimum Gasteiger partial charge on any atom is -0.463 e. The van der Waals surface area contributed by atoms with Gasteiger partial charge in [-0.3, -0.25) is 14.5 Å². The number of ether oxygens (including phenoxy) is 2. The number of para-hydroxylation sites is 2. The van der Waals surface area contributed by atoms with Crippen molar-refractivity contribution in [2.24, 2.45) is 5.92 Å². The van der Waals surface area contributed by atoms with Crippen LogP contribution in [0.3, 0.4) is 0 Å². The van der Waals surface area contributed by atoms with Gasteiger partial charge in [-0.1, -0.05) is 36.4 Å². The van der Waals surface area contributed by atoms with E-state index in [0.29, 0.717) is 28.6 Å². The normalized spacial score (nSPS) is 15.5. The van der Waals surface area contributed by atoms with Gasteiger partial charge < -0.3 is 14.8 Å². The number of nitrogens with zero attached hydrogens (tertiary/aromatic N) is 1. The van der Waals surface area contributed by atoms with Gasteiger partial charge in [0.05, 0.1) is 18.1 Å². The number of amides is 2. The fourth-order valence-electron chi connectivity index (χ4n) is 4.03. The Morgan fingerprint density at radius 3 is 2.14 bits per heavy atom. The molecule has 0 saturated heterocycles. The summed E-state index contributed by atoms with van der Waals surface area (Å²) in [6.45, 7) is 3.52. The summed E-state index contributed by atoms with van der Waals surface area (Å²) in [5.74, 6) is -0.984. The summed E-state index contributed by atoms with van der Waals surface area (Å²) < 4.78 is 11.0. The molecule has 0 radical (unpaired) electrons. The van der Waals surface area contributed by atoms with Gasteiger partial charge in [-0.2, -0.15) is 0 Å². The van der Waals surface area contributed by atoms with E-state index < -0.39 is 17.8 Å². The van der Waals surface area contributed by atoms with Crippen LogP contribution >= 0.6 is 0 Å². The first-order valence-electron chi connectivity index (χ1n) is 11.4. The molecule has 35 heavy (non-hydrogen) atoms. The standard InChI is InChI=1S/C28H26N2O5/c1-3-34-28(33)26-19(2)30(21-10-6-4-7-11-21)25(31)18-24(26)27(32)29-20-14-16-23(17-15-20)35-22-12-8-5-9-13-22/h4-17,24H,3,18H2,1-2H3,(H,29,32)/t24-/m1/s1. The first-order valence-corrected chi connectivity index (χ1v) is 11.4. The Labute approximate surface area is 204 Å². The van der Waals surface area contributed by atoms with Crippen LogP contribution in [0.25, 0.3) is 0 Å². The molecule has 0 spiro atoms. The number of esters is 1. The molecule has 0 fully saturated rings. The van der Waals surface area contributed by atoms with Crippen molar-refractivity contribution in [2.45, 2.75) is 20.3 Å². The molecule has 1 atom stereocenters. The summed E-state index contributed by atoms with van der Waals surface area (Å²) >= 11 is 0. The van der Waals surface area contributed by atoms with Crippen molar-refractivity contribution in [1.29, 1.82) is 0 Å². The quantitative estimate of drug-likeness (QED) is 0.473. The topological polar surface area (TPSA) is 84.9 Å². The first-order chi connectivity index (χ1) is 17.0. The zero-order chi connectivity index (χ0) is 24.8. The molecule has 0 aliphatic carbocycles. The van der Waals surface area contributed by atoms with Crippen molar-refractivity contribution >= 4 is 29.2 Å². The van der Waals surface area contributed by atoms with Gasteiger partial charge in [0.15, 0.2) is 0 Å². The molecule has 1 aliphatic heterocycles. The van der Waals surface area contributed by atoms with Crippen LogP contribution in [0.2, 0.25) is 0 Å². The Kier molecular flexibility index (Phi) is 7.26. The van der Waals surface area contributed by atoms with Crippen molar-refractivity contribution in [3.05, 3.63) is 96.2 Å². The lowest BCUT2D eigenvalue weighted by atomic mass is 9.88. The van der Waals surface area contributed by atoms with Gasteiger partial charge in [0.2, 0.25) is 11.8 Å². The van der Waals surface area contributed by atoms with E-state index in [1.165, 1.54) is 4.90 Å². The van der Waals surface area contributed by atoms with Crippen molar-refractivity contribution < 1.29 is 23.9 Å². The maximum Gasteiger partial charge on any atom is 0.336 e. The van der Waals surface area contributed by atoms with Gasteiger partial charge >= 0.3 is 5.97 Å². The van der Waals surface area contributed by atoms with E-state index in [9.17, 15) is 14.4 Å². The largest absolute Gasteiger partial charge is 0.463 e. The second kappa shape index (κ2) is 10.7. The number of allylic oxidation sites excluding steroid dienone is 1. The molecule has 1 heterocycles. The Balaban J connectivity index is 1.56. The zero-order valence-electron chi connectivity index (χ0n) is 19.6. The molecule has 0 aromatic heterocycles. The van der Waals surface area contributed by atoms with Crippen LogP contribution in [0.15, 0.2) is 96.2 Å². The van der Waals surface area contributed by atoms with E-state index in [1.807, 2.05) is 48.5 Å². The Morgan fingerprint density at radius 1 is 0.914 bits per heavy atom. The fraction of sp³-hybridized carbons (Fsp3) is 0.179. The molecule has 7 nitrogen and oxygen atoms in total. The number of nitrogens with one attached hydrogen (secondary N) is 1. The minimum absolute atomic E-state index is 0.151. The molecule has 1 aliphatic rings. The molecule has 0 unspecified atom stereocenters. The zero-order valence-corrected chi connectivity index (χ0v) is 19.6. The number of hydrogen-bond donors (Lipinski definition) is 1. The highest BCUT2D eigenvalue weighted by Gasteiger charge is 2.40. The van der Waals surface area contributed by atoms with Gasteiger partial charge in [-0.15, -0.1) is 0 Å². The summed E-state index contributed by atoms with van der Waals surface area (Å²) in [6, 6.07) is 25.3. The monoisotopic (exact) mass is 470 g/mol. The lowest BCUT2D eigenvalue weighted by Crippen LogP contribution is -2.43. The summed E-state index contributed by atoms with van der Waals surface area (Å²) in [6.07, 6.45) is -0.151. The number of rotatable bonds is 7. The molecule has 3 aromatic carbocycles. The smallest absolute Gasteiger partial charge is 0.336 e. The minimum atomic E-state index is -0.971. The van der Waals surface area contributed by atoms with Gasteiger partial charge in [0.25, 0.3) is 0 Å². The van der Waals surface area contributed by atoms with Gasteiger partial charge in [0, 0.05) is 23.5 Å². The lowest BCUT2D eigenvalue weighted by molar-refractivity contribution is -0.141. The highest BCUT2D eigenvalue weighted by atomic mass is 16.5. The van der Waals surface area contributed by atoms with Crippen LogP contribution in [-0.4, -0.2) is 24.4 Å². The van der Waals surface area contributed by atoms with E-state index in [-0.39, 0.29) is 24.5 Å². The van der Waals surface area contributed by atoms with E-state index in [2.05, 4.69) is 5.32 Å². The molecule has 0 bridgehead atoms. The number of carbonyl (C=O) groups is 3. The van der Waals surface area contributed by atoms with Crippen molar-refractivity contribution in [3.8, 4) is 11.5 Å². The third kappa shape index (κ3) is 5.41. The van der Waals surface area contributed by atoms with Gasteiger partial charge in [-0.25, -0.2) is 4.79 Å². The maximum atomic E-state index is 13.2. The SMILES string of the molecule is CCOC(=O)C1=C(C)N(c2ccccc2)C(=O)C[C@H]1C(=O)Nc1ccc(Oc2ccccc2)cc1. The average molecular weight is 471 g/mol. The second-order valence-corrected chi connectivity index (χ2v) is 7.97. The summed E-state index contributed by atoms with van der Waals surface area (Å²) in [5, 5.41) is 2.82. The van der Waals surface area contributed by atoms with E-state index in [1.54, 1.807) is 50.2 Å². The Bertz CT molecular complexity index is 1240. The van der Waals surface area contributed by atoms with Gasteiger partial charge in [-0.05, 0) is 62.4 Å². The molecule has 178 valence electrons. The van der Waals surface area contributed by atoms with Crippen molar-refractivity contribution in [1.82, 2.24) is 0 Å². The first kappa shape index (κ1) is 23.8. The third-order valence-corrected chi connectivity index (χ3v) is 5.63. The number of carbonyl (C=O) groups excluding carboxylic acids is 3. The molecular weight excluding hydrogens is 444 g/mol. The molecule has 3 aromatic rings. The Hall–Kier alpha value is -4.39. The molecular formula is C28H26N2O5. The van der Waals surface area contributed by atoms with Crippen LogP contribution in [0.5, 0.6) is 11.5 Å². The summed E-state index contributed by atoms with van der Waals surface area (Å²) in [4.78, 5) is 40.6. The lowest BCUT2D eigenvalue weighted by Gasteiger charge is -2.33. The average Bonchev–Trinajstić information content (AvgIpc) is 2.86. The van der Waals surface area contributed by atoms with Crippen LogP contribution in [-0.2, 0) is 19.1 Å². The number of benzene rings is 3. The van der Waals surface area contributed by atoms with Gasteiger partial charge in [0.1, 0.15) is 11.5 Å². The predicted octanol–water partition coefficient (Wildman–Crippen LogP) is 5.31. The fourth-order valence-corrected chi connectivity index (χ4v) is 4.03. The van der Waals surface area contributed by atoms with E-state index in [0.717, 1.165) is 0 Å². The molecule has 4 rings (SSSR count). The number of hydrogen-bond acceptors (Lipinski definition) is 5. The Morgan fingerprint density at radius 2 is 1.51 bits per heavy atom. The third-order valence-electron chi connectivity index (χ3n) is 5.63. The molecule has 1 N–H and O–H groups in total. The summed E-state index contributed by atoms with van der Waals surface area (Å²) in [5.41, 5.74) is 1.72. The van der Waals surface area contributed by atoms with Crippen molar-refractivity contribution in [2.75, 3.05) is 16.8 Å². The molecule has 7 heteroatoms. The predicted molar refractivity (Wildman–Crippen MR) is 133 cm³/mol. The van der Waals surface area contributed by atoms with Crippen molar-refractivity contribution in [3.63, 3.8) is 0 Å². The van der Waals surface area contributed by atoms with E-state index >= 15 is 0 Å². The van der Waals surface area contributed by atoms with Crippen LogP contribution in [0, 0.1) is 5.92 Å². The van der Waals surface area contributed by atoms with Crippen LogP contribution < -0.4 is 15.0 Å². The van der Waals surface area contributed by atoms with Crippen LogP contribution in [0.1, 0.15) is 20.3 Å². The summed E-state index contributed by atoms with van der Waals surface area (Å²) in [7, 11) is 0. The molecule has 0 saturated carbocycles. The highest BCUT2D eigenvalue weighted by Crippen LogP contribution is 2.34. The number of anilines is 2. The highest BCUT2D eigenvalue weighted by molar-refractivity contribution is 6.10. The maximum absolute atomic E-state index is 13.2.